The van der Waals surface area contributed by atoms with Gasteiger partial charge in [0, 0.05) is 11.1 Å². The maximum atomic E-state index is 2.32. The first kappa shape index (κ1) is 15.3. The van der Waals surface area contributed by atoms with Crippen molar-refractivity contribution in [1.82, 2.24) is 0 Å². The van der Waals surface area contributed by atoms with Gasteiger partial charge in [0.05, 0.1) is 0 Å². The van der Waals surface area contributed by atoms with Crippen molar-refractivity contribution in [1.29, 1.82) is 0 Å². The monoisotopic (exact) mass is 296 g/mol. The molecule has 2 aromatic rings. The van der Waals surface area contributed by atoms with Gasteiger partial charge in [-0.05, 0) is 19.4 Å². The third-order valence-corrected chi connectivity index (χ3v) is 4.90. The number of piperazine rings is 1. The van der Waals surface area contributed by atoms with Gasteiger partial charge in [-0.2, -0.15) is 0 Å². The summed E-state index contributed by atoms with van der Waals surface area (Å²) in [5.74, 6) is 0. The van der Waals surface area contributed by atoms with E-state index in [4.69, 9.17) is 0 Å². The molecule has 0 unspecified atom stereocenters. The van der Waals surface area contributed by atoms with Gasteiger partial charge in [-0.25, -0.2) is 0 Å². The third kappa shape index (κ3) is 3.96. The molecule has 0 aliphatic carbocycles. The van der Waals surface area contributed by atoms with Gasteiger partial charge >= 0.3 is 0 Å². The highest BCUT2D eigenvalue weighted by Gasteiger charge is 2.23. The maximum absolute atomic E-state index is 2.32. The van der Waals surface area contributed by atoms with Crippen LogP contribution in [0.4, 0.5) is 0 Å². The van der Waals surface area contributed by atoms with E-state index in [1.165, 1.54) is 61.5 Å². The number of rotatable bonds is 4. The molecule has 2 aromatic carbocycles. The zero-order chi connectivity index (χ0) is 15.4. The molecular formula is C20H28N2+2. The Balaban J connectivity index is 1.51. The number of aryl methyl sites for hydroxylation is 2. The quantitative estimate of drug-likeness (QED) is 0.825. The second-order valence-electron chi connectivity index (χ2n) is 6.77. The van der Waals surface area contributed by atoms with Crippen LogP contribution in [0.1, 0.15) is 22.3 Å². The van der Waals surface area contributed by atoms with Crippen molar-refractivity contribution in [3.05, 3.63) is 70.8 Å². The molecule has 2 heteroatoms. The molecular weight excluding hydrogens is 268 g/mol. The molecule has 0 aromatic heterocycles. The molecule has 1 saturated heterocycles. The fourth-order valence-corrected chi connectivity index (χ4v) is 3.51. The SMILES string of the molecule is Cc1ccc(C[NH+]2CC[NH+](Cc3ccccc3)CC2)c(C)c1. The van der Waals surface area contributed by atoms with Gasteiger partial charge in [0.15, 0.2) is 0 Å². The summed E-state index contributed by atoms with van der Waals surface area (Å²) < 4.78 is 0. The fourth-order valence-electron chi connectivity index (χ4n) is 3.51. The molecule has 0 atom stereocenters. The first-order chi connectivity index (χ1) is 10.7. The Bertz CT molecular complexity index is 598. The smallest absolute Gasteiger partial charge is 0.127 e. The van der Waals surface area contributed by atoms with Gasteiger partial charge in [-0.3, -0.25) is 0 Å². The highest BCUT2D eigenvalue weighted by atomic mass is 15.3. The zero-order valence-corrected chi connectivity index (χ0v) is 13.9. The summed E-state index contributed by atoms with van der Waals surface area (Å²) in [5, 5.41) is 0. The average molecular weight is 296 g/mol. The van der Waals surface area contributed by atoms with Crippen LogP contribution >= 0.6 is 0 Å². The molecule has 0 spiro atoms. The van der Waals surface area contributed by atoms with E-state index < -0.39 is 0 Å². The van der Waals surface area contributed by atoms with E-state index in [9.17, 15) is 0 Å². The van der Waals surface area contributed by atoms with Crippen LogP contribution in [-0.4, -0.2) is 26.2 Å². The Morgan fingerprint density at radius 1 is 0.773 bits per heavy atom. The molecule has 0 radical (unpaired) electrons. The van der Waals surface area contributed by atoms with Gasteiger partial charge in [0.25, 0.3) is 0 Å². The van der Waals surface area contributed by atoms with Crippen LogP contribution in [0.2, 0.25) is 0 Å². The van der Waals surface area contributed by atoms with Crippen molar-refractivity contribution < 1.29 is 9.80 Å². The molecule has 1 aliphatic rings. The first-order valence-electron chi connectivity index (χ1n) is 8.48. The van der Waals surface area contributed by atoms with Crippen LogP contribution in [0.25, 0.3) is 0 Å². The molecule has 1 aliphatic heterocycles. The minimum absolute atomic E-state index is 1.18. The Labute approximate surface area is 134 Å². The van der Waals surface area contributed by atoms with E-state index in [1.54, 1.807) is 9.80 Å². The molecule has 1 heterocycles. The molecule has 3 rings (SSSR count). The van der Waals surface area contributed by atoms with E-state index in [0.29, 0.717) is 0 Å². The van der Waals surface area contributed by atoms with Crippen LogP contribution in [0.15, 0.2) is 48.5 Å². The predicted molar refractivity (Wildman–Crippen MR) is 91.2 cm³/mol. The van der Waals surface area contributed by atoms with E-state index in [1.807, 2.05) is 0 Å². The third-order valence-electron chi connectivity index (χ3n) is 4.90. The molecule has 116 valence electrons. The van der Waals surface area contributed by atoms with E-state index in [-0.39, 0.29) is 0 Å². The van der Waals surface area contributed by atoms with Gasteiger partial charge in [-0.1, -0.05) is 54.1 Å². The summed E-state index contributed by atoms with van der Waals surface area (Å²) in [6, 6.07) is 17.8. The van der Waals surface area contributed by atoms with Crippen LogP contribution < -0.4 is 9.80 Å². The van der Waals surface area contributed by atoms with E-state index >= 15 is 0 Å². The fraction of sp³-hybridized carbons (Fsp3) is 0.400. The summed E-state index contributed by atoms with van der Waals surface area (Å²) in [7, 11) is 0. The molecule has 2 nitrogen and oxygen atoms in total. The summed E-state index contributed by atoms with van der Waals surface area (Å²) in [4.78, 5) is 3.47. The van der Waals surface area contributed by atoms with E-state index in [0.717, 1.165) is 0 Å². The second kappa shape index (κ2) is 7.08. The van der Waals surface area contributed by atoms with Crippen LogP contribution in [-0.2, 0) is 13.1 Å². The van der Waals surface area contributed by atoms with Crippen molar-refractivity contribution >= 4 is 0 Å². The lowest BCUT2D eigenvalue weighted by Crippen LogP contribution is -3.27. The number of hydrogen-bond acceptors (Lipinski definition) is 0. The van der Waals surface area contributed by atoms with Gasteiger partial charge in [0.2, 0.25) is 0 Å². The van der Waals surface area contributed by atoms with Crippen LogP contribution in [0.5, 0.6) is 0 Å². The minimum atomic E-state index is 1.18. The highest BCUT2D eigenvalue weighted by Crippen LogP contribution is 2.09. The Kier molecular flexibility index (Phi) is 4.91. The summed E-state index contributed by atoms with van der Waals surface area (Å²) >= 11 is 0. The lowest BCUT2D eigenvalue weighted by atomic mass is 10.1. The molecule has 0 saturated carbocycles. The summed E-state index contributed by atoms with van der Waals surface area (Å²) in [6.45, 7) is 11.9. The van der Waals surface area contributed by atoms with Crippen molar-refractivity contribution in [3.63, 3.8) is 0 Å². The Morgan fingerprint density at radius 3 is 2.05 bits per heavy atom. The number of benzene rings is 2. The number of hydrogen-bond donors (Lipinski definition) is 2. The molecule has 2 N–H and O–H groups in total. The number of nitrogens with one attached hydrogen (secondary N) is 2. The largest absolute Gasteiger partial charge is 0.322 e. The number of quaternary nitrogens is 2. The van der Waals surface area contributed by atoms with Gasteiger partial charge < -0.3 is 9.80 Å². The van der Waals surface area contributed by atoms with Gasteiger partial charge in [-0.15, -0.1) is 0 Å². The second-order valence-corrected chi connectivity index (χ2v) is 6.77. The van der Waals surface area contributed by atoms with Crippen molar-refractivity contribution in [3.8, 4) is 0 Å². The van der Waals surface area contributed by atoms with E-state index in [2.05, 4.69) is 62.4 Å². The first-order valence-corrected chi connectivity index (χ1v) is 8.48. The molecule has 0 amide bonds. The lowest BCUT2D eigenvalue weighted by molar-refractivity contribution is -1.02. The summed E-state index contributed by atoms with van der Waals surface area (Å²) in [6.07, 6.45) is 0. The summed E-state index contributed by atoms with van der Waals surface area (Å²) in [5.41, 5.74) is 5.81. The average Bonchev–Trinajstić information content (AvgIpc) is 2.53. The van der Waals surface area contributed by atoms with Crippen LogP contribution in [0.3, 0.4) is 0 Å². The van der Waals surface area contributed by atoms with Crippen LogP contribution in [0, 0.1) is 13.8 Å². The highest BCUT2D eigenvalue weighted by molar-refractivity contribution is 5.29. The zero-order valence-electron chi connectivity index (χ0n) is 13.9. The Morgan fingerprint density at radius 2 is 1.41 bits per heavy atom. The van der Waals surface area contributed by atoms with Crippen molar-refractivity contribution in [2.24, 2.45) is 0 Å². The lowest BCUT2D eigenvalue weighted by Gasteiger charge is -2.30. The molecule has 22 heavy (non-hydrogen) atoms. The maximum Gasteiger partial charge on any atom is 0.127 e. The Hall–Kier alpha value is -1.64. The van der Waals surface area contributed by atoms with Crippen molar-refractivity contribution in [2.75, 3.05) is 26.2 Å². The minimum Gasteiger partial charge on any atom is -0.322 e. The molecule has 0 bridgehead atoms. The van der Waals surface area contributed by atoms with Crippen molar-refractivity contribution in [2.45, 2.75) is 26.9 Å². The predicted octanol–water partition coefficient (Wildman–Crippen LogP) is 0.787. The topological polar surface area (TPSA) is 8.88 Å². The standard InChI is InChI=1S/C20H26N2/c1-17-8-9-20(18(2)14-17)16-22-12-10-21(11-13-22)15-19-6-4-3-5-7-19/h3-9,14H,10-13,15-16H2,1-2H3/p+2. The normalized spacial score (nSPS) is 21.7. The van der Waals surface area contributed by atoms with Gasteiger partial charge in [0.1, 0.15) is 39.3 Å². The molecule has 1 fully saturated rings.